The molecule has 0 bridgehead atoms. The molecule has 0 radical (unpaired) electrons. The van der Waals surface area contributed by atoms with E-state index < -0.39 is 0 Å². The molecule has 0 heterocycles. The first kappa shape index (κ1) is 11.3. The minimum absolute atomic E-state index is 0.190. The lowest BCUT2D eigenvalue weighted by Gasteiger charge is -2.10. The maximum atomic E-state index is 10.6. The molecule has 1 aromatic carbocycles. The van der Waals surface area contributed by atoms with Gasteiger partial charge in [0.25, 0.3) is 0 Å². The normalized spacial score (nSPS) is 9.47. The monoisotopic (exact) mass is 206 g/mol. The topological polar surface area (TPSA) is 35.5 Å². The molecule has 0 aliphatic rings. The molecule has 1 rings (SSSR count). The minimum atomic E-state index is -0.314. The largest absolute Gasteiger partial charge is 0.496 e. The number of benzene rings is 1. The van der Waals surface area contributed by atoms with Crippen molar-refractivity contribution in [1.29, 1.82) is 0 Å². The van der Waals surface area contributed by atoms with Gasteiger partial charge in [-0.2, -0.15) is 0 Å². The zero-order chi connectivity index (χ0) is 11.3. The van der Waals surface area contributed by atoms with Crippen LogP contribution in [-0.2, 0) is 9.53 Å². The summed E-state index contributed by atoms with van der Waals surface area (Å²) in [4.78, 5) is 10.6. The Hall–Kier alpha value is -1.77. The average molecular weight is 206 g/mol. The van der Waals surface area contributed by atoms with Gasteiger partial charge >= 0.3 is 5.97 Å². The molecule has 80 valence electrons. The van der Waals surface area contributed by atoms with Gasteiger partial charge in [-0.3, -0.25) is 4.79 Å². The molecule has 1 aromatic rings. The van der Waals surface area contributed by atoms with Gasteiger partial charge in [-0.25, -0.2) is 0 Å². The zero-order valence-electron chi connectivity index (χ0n) is 8.95. The Labute approximate surface area is 89.3 Å². The highest BCUT2D eigenvalue weighted by Crippen LogP contribution is 2.24. The second-order valence-corrected chi connectivity index (χ2v) is 3.08. The van der Waals surface area contributed by atoms with Crippen LogP contribution in [0, 0.1) is 0 Å². The second-order valence-electron chi connectivity index (χ2n) is 3.08. The average Bonchev–Trinajstić information content (AvgIpc) is 2.25. The SMILES string of the molecule is C=C(COC(C)=O)c1ccccc1OC. The van der Waals surface area contributed by atoms with Crippen LogP contribution in [0.3, 0.4) is 0 Å². The Bertz CT molecular complexity index is 369. The molecule has 3 heteroatoms. The Morgan fingerprint density at radius 3 is 2.67 bits per heavy atom. The maximum absolute atomic E-state index is 10.6. The molecule has 0 unspecified atom stereocenters. The highest BCUT2D eigenvalue weighted by molar-refractivity contribution is 5.72. The summed E-state index contributed by atoms with van der Waals surface area (Å²) in [7, 11) is 1.60. The van der Waals surface area contributed by atoms with Gasteiger partial charge in [-0.1, -0.05) is 24.8 Å². The number of rotatable bonds is 4. The maximum Gasteiger partial charge on any atom is 0.302 e. The van der Waals surface area contributed by atoms with E-state index in [0.717, 1.165) is 16.9 Å². The summed E-state index contributed by atoms with van der Waals surface area (Å²) in [5.74, 6) is 0.417. The highest BCUT2D eigenvalue weighted by Gasteiger charge is 2.06. The molecular weight excluding hydrogens is 192 g/mol. The van der Waals surface area contributed by atoms with E-state index in [4.69, 9.17) is 9.47 Å². The van der Waals surface area contributed by atoms with Crippen molar-refractivity contribution in [3.05, 3.63) is 36.4 Å². The molecule has 0 amide bonds. The number of ether oxygens (including phenoxy) is 2. The van der Waals surface area contributed by atoms with Crippen LogP contribution in [0.5, 0.6) is 5.75 Å². The van der Waals surface area contributed by atoms with Crippen molar-refractivity contribution >= 4 is 11.5 Å². The highest BCUT2D eigenvalue weighted by atomic mass is 16.5. The second kappa shape index (κ2) is 5.20. The summed E-state index contributed by atoms with van der Waals surface area (Å²) >= 11 is 0. The van der Waals surface area contributed by atoms with Crippen LogP contribution < -0.4 is 4.74 Å². The van der Waals surface area contributed by atoms with E-state index in [-0.39, 0.29) is 12.6 Å². The number of carbonyl (C=O) groups is 1. The van der Waals surface area contributed by atoms with E-state index in [9.17, 15) is 4.79 Å². The van der Waals surface area contributed by atoms with Gasteiger partial charge in [0.2, 0.25) is 0 Å². The fraction of sp³-hybridized carbons (Fsp3) is 0.250. The third kappa shape index (κ3) is 3.13. The van der Waals surface area contributed by atoms with Gasteiger partial charge in [0.05, 0.1) is 7.11 Å². The third-order valence-corrected chi connectivity index (χ3v) is 1.94. The van der Waals surface area contributed by atoms with E-state index in [2.05, 4.69) is 6.58 Å². The van der Waals surface area contributed by atoms with Crippen molar-refractivity contribution in [3.63, 3.8) is 0 Å². The molecule has 0 saturated carbocycles. The van der Waals surface area contributed by atoms with Crippen LogP contribution in [-0.4, -0.2) is 19.7 Å². The summed E-state index contributed by atoms with van der Waals surface area (Å²) < 4.78 is 10.0. The summed E-state index contributed by atoms with van der Waals surface area (Å²) in [6.07, 6.45) is 0. The van der Waals surface area contributed by atoms with E-state index >= 15 is 0 Å². The van der Waals surface area contributed by atoms with E-state index in [1.54, 1.807) is 7.11 Å². The number of hydrogen-bond acceptors (Lipinski definition) is 3. The minimum Gasteiger partial charge on any atom is -0.496 e. The molecule has 0 aliphatic carbocycles. The molecule has 0 fully saturated rings. The Kier molecular flexibility index (Phi) is 3.92. The van der Waals surface area contributed by atoms with Gasteiger partial charge < -0.3 is 9.47 Å². The Morgan fingerprint density at radius 1 is 1.40 bits per heavy atom. The number of methoxy groups -OCH3 is 1. The van der Waals surface area contributed by atoms with Crippen molar-refractivity contribution in [3.8, 4) is 5.75 Å². The predicted molar refractivity (Wildman–Crippen MR) is 58.7 cm³/mol. The first-order valence-corrected chi connectivity index (χ1v) is 4.59. The van der Waals surface area contributed by atoms with E-state index in [1.165, 1.54) is 6.92 Å². The lowest BCUT2D eigenvalue weighted by molar-refractivity contribution is -0.139. The van der Waals surface area contributed by atoms with Crippen molar-refractivity contribution in [2.45, 2.75) is 6.92 Å². The molecule has 0 N–H and O–H groups in total. The Balaban J connectivity index is 2.77. The van der Waals surface area contributed by atoms with Gasteiger partial charge in [0.15, 0.2) is 0 Å². The summed E-state index contributed by atoms with van der Waals surface area (Å²) in [5.41, 5.74) is 1.59. The van der Waals surface area contributed by atoms with Crippen LogP contribution >= 0.6 is 0 Å². The molecule has 0 aromatic heterocycles. The number of esters is 1. The quantitative estimate of drug-likeness (QED) is 0.709. The molecule has 15 heavy (non-hydrogen) atoms. The lowest BCUT2D eigenvalue weighted by atomic mass is 10.1. The van der Waals surface area contributed by atoms with Crippen LogP contribution in [0.1, 0.15) is 12.5 Å². The molecule has 0 aliphatic heterocycles. The summed E-state index contributed by atoms with van der Waals surface area (Å²) in [6, 6.07) is 7.48. The van der Waals surface area contributed by atoms with Crippen LogP contribution in [0.15, 0.2) is 30.8 Å². The van der Waals surface area contributed by atoms with Gasteiger partial charge in [-0.05, 0) is 11.6 Å². The zero-order valence-corrected chi connectivity index (χ0v) is 8.95. The fourth-order valence-corrected chi connectivity index (χ4v) is 1.20. The predicted octanol–water partition coefficient (Wildman–Crippen LogP) is 2.27. The number of para-hydroxylation sites is 1. The first-order valence-electron chi connectivity index (χ1n) is 4.59. The fourth-order valence-electron chi connectivity index (χ4n) is 1.20. The van der Waals surface area contributed by atoms with Crippen molar-refractivity contribution in [1.82, 2.24) is 0 Å². The molecule has 3 nitrogen and oxygen atoms in total. The Morgan fingerprint density at radius 2 is 2.07 bits per heavy atom. The summed E-state index contributed by atoms with van der Waals surface area (Å²) in [6.45, 7) is 5.41. The van der Waals surface area contributed by atoms with E-state index in [1.807, 2.05) is 24.3 Å². The van der Waals surface area contributed by atoms with Crippen LogP contribution in [0.25, 0.3) is 5.57 Å². The van der Waals surface area contributed by atoms with Gasteiger partial charge in [-0.15, -0.1) is 0 Å². The van der Waals surface area contributed by atoms with Crippen molar-refractivity contribution in [2.75, 3.05) is 13.7 Å². The molecule has 0 atom stereocenters. The van der Waals surface area contributed by atoms with Gasteiger partial charge in [0, 0.05) is 12.5 Å². The smallest absolute Gasteiger partial charge is 0.302 e. The van der Waals surface area contributed by atoms with Gasteiger partial charge in [0.1, 0.15) is 12.4 Å². The number of hydrogen-bond donors (Lipinski definition) is 0. The first-order chi connectivity index (χ1) is 7.15. The van der Waals surface area contributed by atoms with Crippen LogP contribution in [0.4, 0.5) is 0 Å². The molecule has 0 spiro atoms. The molecular formula is C12H14O3. The van der Waals surface area contributed by atoms with Crippen molar-refractivity contribution in [2.24, 2.45) is 0 Å². The number of carbonyl (C=O) groups excluding carboxylic acids is 1. The van der Waals surface area contributed by atoms with Crippen LogP contribution in [0.2, 0.25) is 0 Å². The molecule has 0 saturated heterocycles. The van der Waals surface area contributed by atoms with Crippen molar-refractivity contribution < 1.29 is 14.3 Å². The van der Waals surface area contributed by atoms with E-state index in [0.29, 0.717) is 0 Å². The third-order valence-electron chi connectivity index (χ3n) is 1.94. The standard InChI is InChI=1S/C12H14O3/c1-9(8-15-10(2)13)11-6-4-5-7-12(11)14-3/h4-7H,1,8H2,2-3H3. The summed E-state index contributed by atoms with van der Waals surface area (Å²) in [5, 5.41) is 0. The lowest BCUT2D eigenvalue weighted by Crippen LogP contribution is -2.03.